The molecule has 0 aliphatic heterocycles. The van der Waals surface area contributed by atoms with Crippen LogP contribution in [0.2, 0.25) is 0 Å². The molecule has 10 heavy (non-hydrogen) atoms. The Morgan fingerprint density at radius 2 is 2.40 bits per heavy atom. The van der Waals surface area contributed by atoms with Gasteiger partial charge >= 0.3 is 0 Å². The van der Waals surface area contributed by atoms with Gasteiger partial charge in [-0.1, -0.05) is 0 Å². The first-order chi connectivity index (χ1) is 4.86. The van der Waals surface area contributed by atoms with Gasteiger partial charge in [-0.25, -0.2) is 4.98 Å². The normalized spacial score (nSPS) is 10.4. The molecule has 2 N–H and O–H groups in total. The molecule has 0 radical (unpaired) electrons. The first-order valence-corrected chi connectivity index (χ1v) is 2.95. The van der Waals surface area contributed by atoms with E-state index in [2.05, 4.69) is 4.98 Å². The molecule has 50 valence electrons. The number of fused-ring (bicyclic) bond motifs is 1. The molecule has 0 bridgehead atoms. The average Bonchev–Trinajstić information content (AvgIpc) is 2.33. The Balaban J connectivity index is 2.86. The van der Waals surface area contributed by atoms with Gasteiger partial charge in [0.1, 0.15) is 0 Å². The second kappa shape index (κ2) is 1.73. The highest BCUT2D eigenvalue weighted by Crippen LogP contribution is 2.14. The SMILES string of the molecule is Nc1cnc2occc2c1. The smallest absolute Gasteiger partial charge is 0.225 e. The van der Waals surface area contributed by atoms with Crippen LogP contribution in [0.5, 0.6) is 0 Å². The molecule has 0 saturated heterocycles. The molecule has 0 aliphatic rings. The summed E-state index contributed by atoms with van der Waals surface area (Å²) in [5.41, 5.74) is 6.77. The standard InChI is InChI=1S/C7H6N2O/c8-6-3-5-1-2-10-7(5)9-4-6/h1-4H,8H2. The lowest BCUT2D eigenvalue weighted by Gasteiger charge is -1.88. The van der Waals surface area contributed by atoms with Gasteiger partial charge in [0.05, 0.1) is 18.1 Å². The quantitative estimate of drug-likeness (QED) is 0.592. The second-order valence-corrected chi connectivity index (χ2v) is 2.08. The molecular formula is C7H6N2O. The third-order valence-corrected chi connectivity index (χ3v) is 1.33. The van der Waals surface area contributed by atoms with Crippen molar-refractivity contribution in [3.05, 3.63) is 24.6 Å². The molecular weight excluding hydrogens is 128 g/mol. The summed E-state index contributed by atoms with van der Waals surface area (Å²) in [6, 6.07) is 3.66. The van der Waals surface area contributed by atoms with Crippen molar-refractivity contribution in [3.8, 4) is 0 Å². The second-order valence-electron chi connectivity index (χ2n) is 2.08. The zero-order valence-electron chi connectivity index (χ0n) is 5.24. The lowest BCUT2D eigenvalue weighted by atomic mass is 10.3. The minimum absolute atomic E-state index is 0.634. The highest BCUT2D eigenvalue weighted by atomic mass is 16.3. The van der Waals surface area contributed by atoms with Gasteiger partial charge in [0.25, 0.3) is 0 Å². The molecule has 2 heterocycles. The summed E-state index contributed by atoms with van der Waals surface area (Å²) < 4.78 is 5.01. The molecule has 0 aromatic carbocycles. The molecule has 3 nitrogen and oxygen atoms in total. The monoisotopic (exact) mass is 134 g/mol. The third kappa shape index (κ3) is 0.639. The maximum Gasteiger partial charge on any atom is 0.225 e. The van der Waals surface area contributed by atoms with Crippen LogP contribution >= 0.6 is 0 Å². The Hall–Kier alpha value is -1.51. The number of anilines is 1. The van der Waals surface area contributed by atoms with E-state index in [1.807, 2.05) is 12.1 Å². The number of hydrogen-bond donors (Lipinski definition) is 1. The van der Waals surface area contributed by atoms with Crippen molar-refractivity contribution < 1.29 is 4.42 Å². The van der Waals surface area contributed by atoms with Crippen molar-refractivity contribution in [2.75, 3.05) is 5.73 Å². The van der Waals surface area contributed by atoms with Gasteiger partial charge in [-0.3, -0.25) is 0 Å². The number of furan rings is 1. The van der Waals surface area contributed by atoms with E-state index >= 15 is 0 Å². The fourth-order valence-corrected chi connectivity index (χ4v) is 0.876. The number of aromatic nitrogens is 1. The van der Waals surface area contributed by atoms with E-state index in [4.69, 9.17) is 10.2 Å². The molecule has 0 fully saturated rings. The van der Waals surface area contributed by atoms with E-state index < -0.39 is 0 Å². The largest absolute Gasteiger partial charge is 0.446 e. The molecule has 0 saturated carbocycles. The Morgan fingerprint density at radius 3 is 3.30 bits per heavy atom. The van der Waals surface area contributed by atoms with Gasteiger partial charge in [0, 0.05) is 5.39 Å². The lowest BCUT2D eigenvalue weighted by molar-refractivity contribution is 0.603. The van der Waals surface area contributed by atoms with Crippen molar-refractivity contribution in [1.82, 2.24) is 4.98 Å². The van der Waals surface area contributed by atoms with Crippen LogP contribution < -0.4 is 5.73 Å². The van der Waals surface area contributed by atoms with Crippen LogP contribution in [0.25, 0.3) is 11.1 Å². The van der Waals surface area contributed by atoms with Crippen LogP contribution in [0.15, 0.2) is 29.0 Å². The minimum atomic E-state index is 0.634. The highest BCUT2D eigenvalue weighted by Gasteiger charge is 1.95. The third-order valence-electron chi connectivity index (χ3n) is 1.33. The van der Waals surface area contributed by atoms with Crippen LogP contribution in [0.3, 0.4) is 0 Å². The maximum atomic E-state index is 5.48. The number of nitrogen functional groups attached to an aromatic ring is 1. The zero-order valence-corrected chi connectivity index (χ0v) is 5.24. The fraction of sp³-hybridized carbons (Fsp3) is 0. The van der Waals surface area contributed by atoms with E-state index in [1.165, 1.54) is 0 Å². The van der Waals surface area contributed by atoms with Gasteiger partial charge in [-0.05, 0) is 12.1 Å². The van der Waals surface area contributed by atoms with Gasteiger partial charge < -0.3 is 10.2 Å². The molecule has 2 rings (SSSR count). The van der Waals surface area contributed by atoms with Crippen molar-refractivity contribution in [3.63, 3.8) is 0 Å². The minimum Gasteiger partial charge on any atom is -0.446 e. The summed E-state index contributed by atoms with van der Waals surface area (Å²) in [5, 5.41) is 0.944. The summed E-state index contributed by atoms with van der Waals surface area (Å²) in [5.74, 6) is 0. The van der Waals surface area contributed by atoms with E-state index in [-0.39, 0.29) is 0 Å². The first-order valence-electron chi connectivity index (χ1n) is 2.95. The number of nitrogens with zero attached hydrogens (tertiary/aromatic N) is 1. The molecule has 0 amide bonds. The van der Waals surface area contributed by atoms with Gasteiger partial charge in [-0.15, -0.1) is 0 Å². The summed E-state index contributed by atoms with van der Waals surface area (Å²) in [7, 11) is 0. The molecule has 3 heteroatoms. The zero-order chi connectivity index (χ0) is 6.97. The van der Waals surface area contributed by atoms with Crippen molar-refractivity contribution >= 4 is 16.8 Å². The van der Waals surface area contributed by atoms with E-state index in [0.29, 0.717) is 11.4 Å². The van der Waals surface area contributed by atoms with Crippen molar-refractivity contribution in [2.45, 2.75) is 0 Å². The highest BCUT2D eigenvalue weighted by molar-refractivity contribution is 5.76. The predicted molar refractivity (Wildman–Crippen MR) is 38.4 cm³/mol. The van der Waals surface area contributed by atoms with Crippen LogP contribution in [-0.4, -0.2) is 4.98 Å². The van der Waals surface area contributed by atoms with E-state index in [1.54, 1.807) is 12.5 Å². The lowest BCUT2D eigenvalue weighted by Crippen LogP contribution is -1.84. The maximum absolute atomic E-state index is 5.48. The number of hydrogen-bond acceptors (Lipinski definition) is 3. The topological polar surface area (TPSA) is 52.0 Å². The van der Waals surface area contributed by atoms with E-state index in [9.17, 15) is 0 Å². The number of rotatable bonds is 0. The summed E-state index contributed by atoms with van der Waals surface area (Å²) in [6.45, 7) is 0. The number of nitrogens with two attached hydrogens (primary N) is 1. The summed E-state index contributed by atoms with van der Waals surface area (Å²) in [4.78, 5) is 3.95. The predicted octanol–water partition coefficient (Wildman–Crippen LogP) is 1.41. The van der Waals surface area contributed by atoms with Gasteiger partial charge in [0.15, 0.2) is 0 Å². The molecule has 0 atom stereocenters. The average molecular weight is 134 g/mol. The Kier molecular flexibility index (Phi) is 0.917. The molecule has 0 unspecified atom stereocenters. The fourth-order valence-electron chi connectivity index (χ4n) is 0.876. The van der Waals surface area contributed by atoms with Crippen LogP contribution in [0.4, 0.5) is 5.69 Å². The summed E-state index contributed by atoms with van der Waals surface area (Å²) in [6.07, 6.45) is 3.17. The Bertz CT molecular complexity index is 353. The Morgan fingerprint density at radius 1 is 1.50 bits per heavy atom. The first kappa shape index (κ1) is 5.29. The molecule has 2 aromatic rings. The van der Waals surface area contributed by atoms with Crippen LogP contribution in [0.1, 0.15) is 0 Å². The molecule has 0 spiro atoms. The molecule has 0 aliphatic carbocycles. The van der Waals surface area contributed by atoms with Gasteiger partial charge in [0.2, 0.25) is 5.71 Å². The molecule has 2 aromatic heterocycles. The van der Waals surface area contributed by atoms with Crippen LogP contribution in [0, 0.1) is 0 Å². The number of pyridine rings is 1. The van der Waals surface area contributed by atoms with Crippen molar-refractivity contribution in [2.24, 2.45) is 0 Å². The van der Waals surface area contributed by atoms with E-state index in [0.717, 1.165) is 5.39 Å². The Labute approximate surface area is 57.5 Å². The van der Waals surface area contributed by atoms with Crippen LogP contribution in [-0.2, 0) is 0 Å². The summed E-state index contributed by atoms with van der Waals surface area (Å²) >= 11 is 0. The van der Waals surface area contributed by atoms with Gasteiger partial charge in [-0.2, -0.15) is 0 Å². The van der Waals surface area contributed by atoms with Crippen molar-refractivity contribution in [1.29, 1.82) is 0 Å².